The molecule has 2 atom stereocenters. The molecule has 37 heavy (non-hydrogen) atoms. The van der Waals surface area contributed by atoms with E-state index in [1.165, 1.54) is 22.4 Å². The Morgan fingerprint density at radius 2 is 1.86 bits per heavy atom. The number of nitrogens with zero attached hydrogens (tertiary/aromatic N) is 3. The van der Waals surface area contributed by atoms with Gasteiger partial charge in [-0.15, -0.1) is 0 Å². The molecule has 0 bridgehead atoms. The van der Waals surface area contributed by atoms with Gasteiger partial charge in [0.25, 0.3) is 0 Å². The molecule has 7 nitrogen and oxygen atoms in total. The third-order valence-corrected chi connectivity index (χ3v) is 8.94. The van der Waals surface area contributed by atoms with Crippen molar-refractivity contribution in [3.63, 3.8) is 0 Å². The maximum absolute atomic E-state index is 13.6. The number of benzene rings is 2. The minimum atomic E-state index is -4.74. The lowest BCUT2D eigenvalue weighted by Crippen LogP contribution is -2.54. The van der Waals surface area contributed by atoms with Gasteiger partial charge in [-0.2, -0.15) is 17.5 Å². The Kier molecular flexibility index (Phi) is 7.70. The highest BCUT2D eigenvalue weighted by Gasteiger charge is 2.39. The molecule has 4 rings (SSSR count). The first-order valence-corrected chi connectivity index (χ1v) is 13.4. The Morgan fingerprint density at radius 3 is 2.54 bits per heavy atom. The molecule has 0 unspecified atom stereocenters. The smallest absolute Gasteiger partial charge is 0.418 e. The fraction of sp³-hybridized carbons (Fsp3) is 0.480. The van der Waals surface area contributed by atoms with Crippen LogP contribution in [-0.2, 0) is 25.7 Å². The van der Waals surface area contributed by atoms with E-state index in [2.05, 4.69) is 0 Å². The summed E-state index contributed by atoms with van der Waals surface area (Å²) in [6.45, 7) is 2.32. The number of methoxy groups -OCH3 is 1. The first-order chi connectivity index (χ1) is 17.4. The van der Waals surface area contributed by atoms with Gasteiger partial charge in [-0.3, -0.25) is 4.79 Å². The van der Waals surface area contributed by atoms with Crippen LogP contribution in [0.5, 0.6) is 0 Å². The van der Waals surface area contributed by atoms with Crippen molar-refractivity contribution in [3.05, 3.63) is 53.8 Å². The molecule has 202 valence electrons. The normalized spacial score (nSPS) is 21.4. The molecule has 0 aliphatic carbocycles. The van der Waals surface area contributed by atoms with Crippen molar-refractivity contribution in [1.29, 1.82) is 0 Å². The number of sulfonamides is 1. The van der Waals surface area contributed by atoms with E-state index >= 15 is 0 Å². The summed E-state index contributed by atoms with van der Waals surface area (Å²) in [5.74, 6) is -1.32. The monoisotopic (exact) mass is 543 g/mol. The molecule has 2 saturated heterocycles. The number of piperazine rings is 1. The fourth-order valence-corrected chi connectivity index (χ4v) is 6.80. The Bertz CT molecular complexity index is 1250. The fourth-order valence-electron chi connectivity index (χ4n) is 5.15. The first-order valence-electron chi connectivity index (χ1n) is 12.0. The van der Waals surface area contributed by atoms with Crippen molar-refractivity contribution in [3.8, 4) is 0 Å². The Labute approximate surface area is 213 Å². The van der Waals surface area contributed by atoms with E-state index in [9.17, 15) is 30.8 Å². The molecule has 2 aliphatic heterocycles. The largest absolute Gasteiger partial charge is 0.469 e. The third-order valence-electron chi connectivity index (χ3n) is 6.93. The summed E-state index contributed by atoms with van der Waals surface area (Å²) in [4.78, 5) is 15.3. The van der Waals surface area contributed by atoms with Gasteiger partial charge >= 0.3 is 12.1 Å². The summed E-state index contributed by atoms with van der Waals surface area (Å²) < 4.78 is 87.3. The lowest BCUT2D eigenvalue weighted by atomic mass is 10.1. The molecule has 2 aromatic carbocycles. The van der Waals surface area contributed by atoms with Crippen LogP contribution in [-0.4, -0.2) is 64.1 Å². The number of anilines is 2. The molecular formula is C25H29F4N3O4S. The van der Waals surface area contributed by atoms with Crippen LogP contribution in [0.15, 0.2) is 47.4 Å². The highest BCUT2D eigenvalue weighted by atomic mass is 32.2. The van der Waals surface area contributed by atoms with Gasteiger partial charge in [0, 0.05) is 49.6 Å². The molecule has 0 saturated carbocycles. The standard InChI is InChI=1S/C25H29F4N3O4S/c1-17-16-30(23-9-8-18(26)13-22(23)25(27,28)29)11-12-32(17)37(34,35)21-7-3-5-19(14-21)31-10-4-6-20(31)15-24(33)36-2/h3,5,7-9,13-14,17,20H,4,6,10-12,15-16H2,1-2H3/t17-,20-/m1/s1. The number of hydrogen-bond acceptors (Lipinski definition) is 6. The van der Waals surface area contributed by atoms with Crippen LogP contribution in [0.2, 0.25) is 0 Å². The summed E-state index contributed by atoms with van der Waals surface area (Å²) in [5.41, 5.74) is -0.582. The van der Waals surface area contributed by atoms with E-state index in [1.54, 1.807) is 25.1 Å². The predicted molar refractivity (Wildman–Crippen MR) is 130 cm³/mol. The summed E-state index contributed by atoms with van der Waals surface area (Å²) in [7, 11) is -2.62. The number of alkyl halides is 3. The average molecular weight is 544 g/mol. The Hall–Kier alpha value is -2.86. The molecule has 0 aromatic heterocycles. The molecule has 12 heteroatoms. The molecule has 2 aliphatic rings. The minimum Gasteiger partial charge on any atom is -0.469 e. The summed E-state index contributed by atoms with van der Waals surface area (Å²) in [6, 6.07) is 8.29. The van der Waals surface area contributed by atoms with Crippen molar-refractivity contribution in [2.75, 3.05) is 43.1 Å². The Balaban J connectivity index is 1.54. The van der Waals surface area contributed by atoms with Gasteiger partial charge < -0.3 is 14.5 Å². The number of halogens is 4. The number of ether oxygens (including phenoxy) is 1. The van der Waals surface area contributed by atoms with Gasteiger partial charge in [-0.1, -0.05) is 6.07 Å². The maximum Gasteiger partial charge on any atom is 0.418 e. The van der Waals surface area contributed by atoms with Crippen molar-refractivity contribution >= 4 is 27.4 Å². The van der Waals surface area contributed by atoms with E-state index < -0.39 is 33.6 Å². The summed E-state index contributed by atoms with van der Waals surface area (Å²) in [5, 5.41) is 0. The van der Waals surface area contributed by atoms with Crippen molar-refractivity contribution < 1.29 is 35.5 Å². The maximum atomic E-state index is 13.6. The SMILES string of the molecule is COC(=O)C[C@H]1CCCN1c1cccc(S(=O)(=O)N2CCN(c3ccc(F)cc3C(F)(F)F)C[C@H]2C)c1. The van der Waals surface area contributed by atoms with Crippen molar-refractivity contribution in [2.45, 2.75) is 49.3 Å². The number of esters is 1. The quantitative estimate of drug-likeness (QED) is 0.400. The number of rotatable bonds is 6. The van der Waals surface area contributed by atoms with Crippen LogP contribution in [0.3, 0.4) is 0 Å². The zero-order valence-corrected chi connectivity index (χ0v) is 21.4. The third kappa shape index (κ3) is 5.69. The number of hydrogen-bond donors (Lipinski definition) is 0. The lowest BCUT2D eigenvalue weighted by Gasteiger charge is -2.41. The summed E-state index contributed by atoms with van der Waals surface area (Å²) in [6.07, 6.45) is -2.89. The Morgan fingerprint density at radius 1 is 1.11 bits per heavy atom. The first kappa shape index (κ1) is 27.2. The molecule has 0 amide bonds. The van der Waals surface area contributed by atoms with Gasteiger partial charge in [-0.05, 0) is 56.2 Å². The molecule has 2 fully saturated rings. The minimum absolute atomic E-state index is 0.0148. The average Bonchev–Trinajstić information content (AvgIpc) is 3.31. The molecule has 0 spiro atoms. The predicted octanol–water partition coefficient (Wildman–Crippen LogP) is 4.28. The second-order valence-electron chi connectivity index (χ2n) is 9.34. The van der Waals surface area contributed by atoms with E-state index in [0.29, 0.717) is 18.3 Å². The van der Waals surface area contributed by atoms with Crippen molar-refractivity contribution in [2.24, 2.45) is 0 Å². The molecular weight excluding hydrogens is 514 g/mol. The molecule has 2 aromatic rings. The van der Waals surface area contributed by atoms with Gasteiger partial charge in [0.15, 0.2) is 0 Å². The van der Waals surface area contributed by atoms with Crippen LogP contribution >= 0.6 is 0 Å². The topological polar surface area (TPSA) is 70.2 Å². The van der Waals surface area contributed by atoms with Crippen LogP contribution in [0.25, 0.3) is 0 Å². The van der Waals surface area contributed by atoms with Crippen LogP contribution in [0.1, 0.15) is 31.7 Å². The zero-order valence-electron chi connectivity index (χ0n) is 20.5. The van der Waals surface area contributed by atoms with Crippen LogP contribution in [0, 0.1) is 5.82 Å². The highest BCUT2D eigenvalue weighted by Crippen LogP contribution is 2.38. The van der Waals surface area contributed by atoms with Gasteiger partial charge in [0.05, 0.1) is 24.0 Å². The van der Waals surface area contributed by atoms with Gasteiger partial charge in [-0.25, -0.2) is 12.8 Å². The van der Waals surface area contributed by atoms with E-state index in [4.69, 9.17) is 4.74 Å². The van der Waals surface area contributed by atoms with Crippen molar-refractivity contribution in [1.82, 2.24) is 4.31 Å². The molecule has 0 N–H and O–H groups in total. The van der Waals surface area contributed by atoms with E-state index in [-0.39, 0.29) is 48.6 Å². The zero-order chi connectivity index (χ0) is 27.0. The summed E-state index contributed by atoms with van der Waals surface area (Å²) >= 11 is 0. The van der Waals surface area contributed by atoms with Gasteiger partial charge in [0.1, 0.15) is 5.82 Å². The van der Waals surface area contributed by atoms with Gasteiger partial charge in [0.2, 0.25) is 10.0 Å². The molecule has 0 radical (unpaired) electrons. The lowest BCUT2D eigenvalue weighted by molar-refractivity contribution is -0.141. The van der Waals surface area contributed by atoms with E-state index in [0.717, 1.165) is 25.0 Å². The highest BCUT2D eigenvalue weighted by molar-refractivity contribution is 7.89. The van der Waals surface area contributed by atoms with Crippen LogP contribution < -0.4 is 9.80 Å². The number of carbonyl (C=O) groups excluding carboxylic acids is 1. The van der Waals surface area contributed by atoms with E-state index in [1.807, 2.05) is 4.90 Å². The molecule has 2 heterocycles. The number of carbonyl (C=O) groups is 1. The second-order valence-corrected chi connectivity index (χ2v) is 11.2. The second kappa shape index (κ2) is 10.5. The van der Waals surface area contributed by atoms with Crippen LogP contribution in [0.4, 0.5) is 28.9 Å².